The van der Waals surface area contributed by atoms with E-state index in [9.17, 15) is 4.79 Å². The molecule has 0 spiro atoms. The lowest BCUT2D eigenvalue weighted by Gasteiger charge is -2.29. The van der Waals surface area contributed by atoms with Crippen LogP contribution in [-0.4, -0.2) is 44.7 Å². The smallest absolute Gasteiger partial charge is 0.265 e. The van der Waals surface area contributed by atoms with E-state index in [4.69, 9.17) is 9.73 Å². The molecule has 6 nitrogen and oxygen atoms in total. The Morgan fingerprint density at radius 1 is 1.28 bits per heavy atom. The van der Waals surface area contributed by atoms with E-state index in [1.54, 1.807) is 11.3 Å². The Bertz CT molecular complexity index is 798. The maximum Gasteiger partial charge on any atom is 0.265 e. The number of guanidine groups is 1. The Balaban J connectivity index is 0.00000300. The summed E-state index contributed by atoms with van der Waals surface area (Å²) in [6.45, 7) is 7.31. The zero-order chi connectivity index (χ0) is 19.8. The number of nitrogens with zero attached hydrogens (tertiary/aromatic N) is 2. The number of fused-ring (bicyclic) bond motifs is 1. The van der Waals surface area contributed by atoms with Crippen LogP contribution in [-0.2, 0) is 4.79 Å². The van der Waals surface area contributed by atoms with Gasteiger partial charge in [-0.1, -0.05) is 25.1 Å². The molecule has 2 heterocycles. The van der Waals surface area contributed by atoms with Gasteiger partial charge in [-0.2, -0.15) is 0 Å². The number of hydrogen-bond donors (Lipinski definition) is 2. The average Bonchev–Trinajstić information content (AvgIpc) is 3.25. The molecule has 1 aliphatic heterocycles. The number of anilines is 1. The van der Waals surface area contributed by atoms with Crippen LogP contribution < -0.4 is 20.3 Å². The van der Waals surface area contributed by atoms with E-state index in [0.29, 0.717) is 12.5 Å². The molecule has 1 atom stereocenters. The third kappa shape index (κ3) is 6.60. The van der Waals surface area contributed by atoms with Gasteiger partial charge in [0.05, 0.1) is 12.2 Å². The standard InChI is InChI=1S/C21H28N4O2S.HI/c1-3-22-21(24-14-16(2)19-10-6-13-28-19)23-11-7-12-25-17-8-4-5-9-18(17)27-15-20(25)26;/h4-6,8-10,13,16H,3,7,11-12,14-15H2,1-2H3,(H2,22,23,24);1H. The van der Waals surface area contributed by atoms with Crippen LogP contribution in [0.5, 0.6) is 5.75 Å². The normalized spacial score (nSPS) is 14.5. The molecule has 0 fully saturated rings. The number of ether oxygens (including phenoxy) is 1. The molecule has 1 aromatic carbocycles. The summed E-state index contributed by atoms with van der Waals surface area (Å²) in [5.41, 5.74) is 0.851. The van der Waals surface area contributed by atoms with Crippen LogP contribution in [0, 0.1) is 0 Å². The number of hydrogen-bond acceptors (Lipinski definition) is 4. The van der Waals surface area contributed by atoms with Gasteiger partial charge in [0, 0.05) is 30.4 Å². The summed E-state index contributed by atoms with van der Waals surface area (Å²) in [5.74, 6) is 1.99. The zero-order valence-corrected chi connectivity index (χ0v) is 20.0. The van der Waals surface area contributed by atoms with Crippen molar-refractivity contribution in [1.29, 1.82) is 0 Å². The van der Waals surface area contributed by atoms with Crippen molar-refractivity contribution in [2.45, 2.75) is 26.2 Å². The van der Waals surface area contributed by atoms with E-state index in [0.717, 1.165) is 43.5 Å². The summed E-state index contributed by atoms with van der Waals surface area (Å²) in [7, 11) is 0. The monoisotopic (exact) mass is 528 g/mol. The fourth-order valence-electron chi connectivity index (χ4n) is 3.07. The van der Waals surface area contributed by atoms with Crippen LogP contribution in [0.3, 0.4) is 0 Å². The summed E-state index contributed by atoms with van der Waals surface area (Å²) in [6.07, 6.45) is 0.824. The second-order valence-corrected chi connectivity index (χ2v) is 7.70. The Kier molecular flexibility index (Phi) is 9.72. The molecular weight excluding hydrogens is 499 g/mol. The zero-order valence-electron chi connectivity index (χ0n) is 16.9. The van der Waals surface area contributed by atoms with Gasteiger partial charge in [0.15, 0.2) is 12.6 Å². The first kappa shape index (κ1) is 23.5. The van der Waals surface area contributed by atoms with Crippen molar-refractivity contribution in [2.75, 3.05) is 37.7 Å². The van der Waals surface area contributed by atoms with Crippen molar-refractivity contribution >= 4 is 52.9 Å². The summed E-state index contributed by atoms with van der Waals surface area (Å²) < 4.78 is 5.49. The molecule has 2 aromatic rings. The van der Waals surface area contributed by atoms with Gasteiger partial charge in [-0.25, -0.2) is 0 Å². The lowest BCUT2D eigenvalue weighted by molar-refractivity contribution is -0.121. The fraction of sp³-hybridized carbons (Fsp3) is 0.429. The molecule has 1 unspecified atom stereocenters. The Hall–Kier alpha value is -1.81. The Morgan fingerprint density at radius 3 is 2.86 bits per heavy atom. The molecule has 0 saturated carbocycles. The minimum atomic E-state index is 0. The van der Waals surface area contributed by atoms with Crippen LogP contribution in [0.4, 0.5) is 5.69 Å². The first-order valence-electron chi connectivity index (χ1n) is 9.76. The van der Waals surface area contributed by atoms with E-state index in [-0.39, 0.29) is 36.5 Å². The van der Waals surface area contributed by atoms with Crippen LogP contribution in [0.1, 0.15) is 31.1 Å². The van der Waals surface area contributed by atoms with Crippen LogP contribution in [0.2, 0.25) is 0 Å². The van der Waals surface area contributed by atoms with Gasteiger partial charge in [0.25, 0.3) is 5.91 Å². The van der Waals surface area contributed by atoms with Crippen molar-refractivity contribution in [2.24, 2.45) is 4.99 Å². The average molecular weight is 528 g/mol. The highest BCUT2D eigenvalue weighted by atomic mass is 127. The van der Waals surface area contributed by atoms with Gasteiger partial charge in [-0.15, -0.1) is 35.3 Å². The second-order valence-electron chi connectivity index (χ2n) is 6.72. The molecule has 0 aliphatic carbocycles. The number of para-hydroxylation sites is 2. The van der Waals surface area contributed by atoms with Crippen LogP contribution in [0.15, 0.2) is 46.8 Å². The molecule has 0 bridgehead atoms. The number of halogens is 1. The summed E-state index contributed by atoms with van der Waals surface area (Å²) >= 11 is 1.77. The van der Waals surface area contributed by atoms with Crippen molar-refractivity contribution in [1.82, 2.24) is 10.6 Å². The van der Waals surface area contributed by atoms with Gasteiger partial charge in [-0.05, 0) is 36.9 Å². The SMILES string of the molecule is CCNC(=NCC(C)c1cccs1)NCCCN1C(=O)COc2ccccc21.I. The second kappa shape index (κ2) is 12.0. The summed E-state index contributed by atoms with van der Waals surface area (Å²) in [4.78, 5) is 20.1. The highest BCUT2D eigenvalue weighted by Gasteiger charge is 2.24. The quantitative estimate of drug-likeness (QED) is 0.237. The van der Waals surface area contributed by atoms with E-state index in [2.05, 4.69) is 42.0 Å². The van der Waals surface area contributed by atoms with Crippen LogP contribution in [0.25, 0.3) is 0 Å². The number of benzene rings is 1. The predicted octanol–water partition coefficient (Wildman–Crippen LogP) is 3.84. The minimum absolute atomic E-state index is 0. The third-order valence-corrected chi connectivity index (χ3v) is 5.66. The Morgan fingerprint density at radius 2 is 2.10 bits per heavy atom. The molecule has 8 heteroatoms. The maximum absolute atomic E-state index is 12.2. The van der Waals surface area contributed by atoms with Crippen molar-refractivity contribution in [3.05, 3.63) is 46.7 Å². The molecule has 158 valence electrons. The molecule has 29 heavy (non-hydrogen) atoms. The van der Waals surface area contributed by atoms with E-state index in [1.807, 2.05) is 29.2 Å². The van der Waals surface area contributed by atoms with Crippen molar-refractivity contribution in [3.63, 3.8) is 0 Å². The molecule has 1 aliphatic rings. The summed E-state index contributed by atoms with van der Waals surface area (Å²) in [6, 6.07) is 11.9. The van der Waals surface area contributed by atoms with Crippen LogP contribution >= 0.6 is 35.3 Å². The number of thiophene rings is 1. The molecule has 1 amide bonds. The highest BCUT2D eigenvalue weighted by Crippen LogP contribution is 2.31. The maximum atomic E-state index is 12.2. The lowest BCUT2D eigenvalue weighted by Crippen LogP contribution is -2.42. The number of carbonyl (C=O) groups is 1. The fourth-order valence-corrected chi connectivity index (χ4v) is 3.85. The van der Waals surface area contributed by atoms with E-state index >= 15 is 0 Å². The van der Waals surface area contributed by atoms with Gasteiger partial charge in [0.2, 0.25) is 0 Å². The third-order valence-electron chi connectivity index (χ3n) is 4.56. The molecule has 0 radical (unpaired) electrons. The van der Waals surface area contributed by atoms with Gasteiger partial charge in [-0.3, -0.25) is 9.79 Å². The lowest BCUT2D eigenvalue weighted by atomic mass is 10.1. The topological polar surface area (TPSA) is 66.0 Å². The van der Waals surface area contributed by atoms with E-state index < -0.39 is 0 Å². The first-order valence-corrected chi connectivity index (χ1v) is 10.6. The highest BCUT2D eigenvalue weighted by molar-refractivity contribution is 14.0. The van der Waals surface area contributed by atoms with Crippen molar-refractivity contribution < 1.29 is 9.53 Å². The number of amides is 1. The number of nitrogens with one attached hydrogen (secondary N) is 2. The molecule has 1 aromatic heterocycles. The minimum Gasteiger partial charge on any atom is -0.482 e. The van der Waals surface area contributed by atoms with Crippen molar-refractivity contribution in [3.8, 4) is 5.75 Å². The number of rotatable bonds is 8. The molecule has 2 N–H and O–H groups in total. The summed E-state index contributed by atoms with van der Waals surface area (Å²) in [5, 5.41) is 8.76. The Labute approximate surface area is 193 Å². The van der Waals surface area contributed by atoms with Gasteiger partial charge in [0.1, 0.15) is 5.75 Å². The number of aliphatic imine (C=N–C) groups is 1. The molecule has 0 saturated heterocycles. The first-order chi connectivity index (χ1) is 13.7. The van der Waals surface area contributed by atoms with Gasteiger partial charge < -0.3 is 20.3 Å². The van der Waals surface area contributed by atoms with Gasteiger partial charge >= 0.3 is 0 Å². The number of carbonyl (C=O) groups excluding carboxylic acids is 1. The predicted molar refractivity (Wildman–Crippen MR) is 131 cm³/mol. The van der Waals surface area contributed by atoms with E-state index in [1.165, 1.54) is 4.88 Å². The molecular formula is C21H29IN4O2S. The molecule has 3 rings (SSSR count). The largest absolute Gasteiger partial charge is 0.482 e.